The number of rotatable bonds is 5. The minimum Gasteiger partial charge on any atom is -0.489 e. The van der Waals surface area contributed by atoms with Crippen LogP contribution in [0, 0.1) is 13.8 Å². The Hall–Kier alpha value is -1.96. The van der Waals surface area contributed by atoms with E-state index in [1.165, 1.54) is 11.1 Å². The summed E-state index contributed by atoms with van der Waals surface area (Å²) in [5.41, 5.74) is 3.71. The fourth-order valence-corrected chi connectivity index (χ4v) is 2.11. The summed E-state index contributed by atoms with van der Waals surface area (Å²) in [7, 11) is 0. The summed E-state index contributed by atoms with van der Waals surface area (Å²) in [6.07, 6.45) is 0.128. The molecule has 0 bridgehead atoms. The van der Waals surface area contributed by atoms with Crippen molar-refractivity contribution in [2.24, 2.45) is 0 Å². The van der Waals surface area contributed by atoms with Crippen molar-refractivity contribution in [3.8, 4) is 5.75 Å². The maximum Gasteiger partial charge on any atom is 0.119 e. The molecule has 0 aliphatic heterocycles. The monoisotopic (exact) mass is 255 g/mol. The third-order valence-corrected chi connectivity index (χ3v) is 2.90. The fraction of sp³-hybridized carbons (Fsp3) is 0.294. The van der Waals surface area contributed by atoms with Gasteiger partial charge in [-0.1, -0.05) is 24.3 Å². The predicted octanol–water partition coefficient (Wildman–Crippen LogP) is 4.18. The molecule has 0 aromatic heterocycles. The van der Waals surface area contributed by atoms with Gasteiger partial charge in [-0.2, -0.15) is 0 Å². The third-order valence-electron chi connectivity index (χ3n) is 2.90. The van der Waals surface area contributed by atoms with E-state index in [1.54, 1.807) is 0 Å². The summed E-state index contributed by atoms with van der Waals surface area (Å²) < 4.78 is 5.83. The zero-order valence-corrected chi connectivity index (χ0v) is 11.8. The van der Waals surface area contributed by atoms with Gasteiger partial charge in [-0.3, -0.25) is 0 Å². The molecule has 0 unspecified atom stereocenters. The maximum atomic E-state index is 5.83. The van der Waals surface area contributed by atoms with Crippen LogP contribution in [-0.2, 0) is 0 Å². The van der Waals surface area contributed by atoms with E-state index in [0.29, 0.717) is 0 Å². The third kappa shape index (κ3) is 4.32. The number of nitrogens with one attached hydrogen (secondary N) is 1. The summed E-state index contributed by atoms with van der Waals surface area (Å²) in [4.78, 5) is 0. The lowest BCUT2D eigenvalue weighted by Gasteiger charge is -2.16. The molecule has 100 valence electrons. The van der Waals surface area contributed by atoms with Gasteiger partial charge in [-0.05, 0) is 56.2 Å². The second-order valence-corrected chi connectivity index (χ2v) is 5.00. The summed E-state index contributed by atoms with van der Waals surface area (Å²) in [5, 5.41) is 3.42. The predicted molar refractivity (Wildman–Crippen MR) is 80.9 cm³/mol. The highest BCUT2D eigenvalue weighted by molar-refractivity contribution is 5.48. The first-order valence-electron chi connectivity index (χ1n) is 6.67. The molecule has 0 aliphatic rings. The number of ether oxygens (including phenoxy) is 1. The molecule has 0 spiro atoms. The zero-order chi connectivity index (χ0) is 13.7. The van der Waals surface area contributed by atoms with Gasteiger partial charge in [0.15, 0.2) is 0 Å². The maximum absolute atomic E-state index is 5.83. The van der Waals surface area contributed by atoms with Crippen molar-refractivity contribution >= 4 is 5.69 Å². The molecule has 2 rings (SSSR count). The molecule has 1 N–H and O–H groups in total. The minimum atomic E-state index is 0.128. The van der Waals surface area contributed by atoms with Crippen LogP contribution < -0.4 is 10.1 Å². The standard InChI is InChI=1S/C17H21NO/c1-13-9-14(2)11-16(10-13)18-12-15(3)19-17-7-5-4-6-8-17/h4-11,15,18H,12H2,1-3H3/t15-/m1/s1. The Bertz CT molecular complexity index is 502. The number of aryl methyl sites for hydroxylation is 2. The number of hydrogen-bond acceptors (Lipinski definition) is 2. The van der Waals surface area contributed by atoms with Crippen molar-refractivity contribution in [1.82, 2.24) is 0 Å². The van der Waals surface area contributed by atoms with E-state index in [0.717, 1.165) is 18.0 Å². The molecule has 0 aliphatic carbocycles. The van der Waals surface area contributed by atoms with Crippen LogP contribution >= 0.6 is 0 Å². The van der Waals surface area contributed by atoms with Gasteiger partial charge >= 0.3 is 0 Å². The Morgan fingerprint density at radius 1 is 1.00 bits per heavy atom. The summed E-state index contributed by atoms with van der Waals surface area (Å²) in [6, 6.07) is 16.4. The first kappa shape index (κ1) is 13.5. The van der Waals surface area contributed by atoms with Gasteiger partial charge in [-0.15, -0.1) is 0 Å². The lowest BCUT2D eigenvalue weighted by atomic mass is 10.1. The van der Waals surface area contributed by atoms with Crippen molar-refractivity contribution in [2.45, 2.75) is 26.9 Å². The first-order chi connectivity index (χ1) is 9.13. The van der Waals surface area contributed by atoms with Gasteiger partial charge in [0.2, 0.25) is 0 Å². The van der Waals surface area contributed by atoms with Crippen molar-refractivity contribution < 1.29 is 4.74 Å². The van der Waals surface area contributed by atoms with Crippen LogP contribution in [0.4, 0.5) is 5.69 Å². The van der Waals surface area contributed by atoms with E-state index in [4.69, 9.17) is 4.74 Å². The number of benzene rings is 2. The molecule has 0 saturated carbocycles. The van der Waals surface area contributed by atoms with Gasteiger partial charge in [0, 0.05) is 5.69 Å². The molecular weight excluding hydrogens is 234 g/mol. The van der Waals surface area contributed by atoms with Crippen molar-refractivity contribution in [3.05, 3.63) is 59.7 Å². The van der Waals surface area contributed by atoms with Crippen LogP contribution in [0.5, 0.6) is 5.75 Å². The highest BCUT2D eigenvalue weighted by Gasteiger charge is 2.04. The van der Waals surface area contributed by atoms with Crippen LogP contribution in [0.3, 0.4) is 0 Å². The second-order valence-electron chi connectivity index (χ2n) is 5.00. The van der Waals surface area contributed by atoms with Gasteiger partial charge in [-0.25, -0.2) is 0 Å². The second kappa shape index (κ2) is 6.28. The van der Waals surface area contributed by atoms with Crippen molar-refractivity contribution in [3.63, 3.8) is 0 Å². The summed E-state index contributed by atoms with van der Waals surface area (Å²) in [5.74, 6) is 0.914. The molecule has 0 radical (unpaired) electrons. The van der Waals surface area contributed by atoms with Crippen molar-refractivity contribution in [1.29, 1.82) is 0 Å². The first-order valence-corrected chi connectivity index (χ1v) is 6.67. The average Bonchev–Trinajstić information content (AvgIpc) is 2.36. The van der Waals surface area contributed by atoms with Crippen LogP contribution in [0.2, 0.25) is 0 Å². The molecular formula is C17H21NO. The van der Waals surface area contributed by atoms with Gasteiger partial charge in [0.25, 0.3) is 0 Å². The normalized spacial score (nSPS) is 11.9. The Morgan fingerprint density at radius 2 is 1.63 bits per heavy atom. The lowest BCUT2D eigenvalue weighted by Crippen LogP contribution is -2.22. The molecule has 19 heavy (non-hydrogen) atoms. The van der Waals surface area contributed by atoms with Crippen LogP contribution in [0.25, 0.3) is 0 Å². The number of hydrogen-bond donors (Lipinski definition) is 1. The van der Waals surface area contributed by atoms with Gasteiger partial charge in [0.1, 0.15) is 11.9 Å². The largest absolute Gasteiger partial charge is 0.489 e. The van der Waals surface area contributed by atoms with E-state index in [-0.39, 0.29) is 6.10 Å². The Labute approximate surface area is 115 Å². The minimum absolute atomic E-state index is 0.128. The van der Waals surface area contributed by atoms with Gasteiger partial charge < -0.3 is 10.1 Å². The topological polar surface area (TPSA) is 21.3 Å². The molecule has 2 nitrogen and oxygen atoms in total. The molecule has 0 heterocycles. The van der Waals surface area contributed by atoms with Crippen LogP contribution in [0.1, 0.15) is 18.1 Å². The molecule has 2 aromatic rings. The van der Waals surface area contributed by atoms with E-state index in [2.05, 4.69) is 44.3 Å². The Morgan fingerprint density at radius 3 is 2.26 bits per heavy atom. The lowest BCUT2D eigenvalue weighted by molar-refractivity contribution is 0.235. The highest BCUT2D eigenvalue weighted by Crippen LogP contribution is 2.15. The van der Waals surface area contributed by atoms with Crippen LogP contribution in [0.15, 0.2) is 48.5 Å². The van der Waals surface area contributed by atoms with Gasteiger partial charge in [0.05, 0.1) is 6.54 Å². The summed E-state index contributed by atoms with van der Waals surface area (Å²) >= 11 is 0. The summed E-state index contributed by atoms with van der Waals surface area (Å²) in [6.45, 7) is 7.09. The van der Waals surface area contributed by atoms with Crippen LogP contribution in [-0.4, -0.2) is 12.6 Å². The van der Waals surface area contributed by atoms with E-state index >= 15 is 0 Å². The number of para-hydroxylation sites is 1. The fourth-order valence-electron chi connectivity index (χ4n) is 2.11. The zero-order valence-electron chi connectivity index (χ0n) is 11.8. The Kier molecular flexibility index (Phi) is 4.45. The molecule has 1 atom stereocenters. The van der Waals surface area contributed by atoms with Crippen molar-refractivity contribution in [2.75, 3.05) is 11.9 Å². The smallest absolute Gasteiger partial charge is 0.119 e. The molecule has 0 amide bonds. The van der Waals surface area contributed by atoms with E-state index in [1.807, 2.05) is 30.3 Å². The number of anilines is 1. The highest BCUT2D eigenvalue weighted by atomic mass is 16.5. The Balaban J connectivity index is 1.88. The SMILES string of the molecule is Cc1cc(C)cc(NC[C@@H](C)Oc2ccccc2)c1. The molecule has 0 fully saturated rings. The quantitative estimate of drug-likeness (QED) is 0.865. The molecule has 2 heteroatoms. The molecule has 2 aromatic carbocycles. The van der Waals surface area contributed by atoms with E-state index in [9.17, 15) is 0 Å². The molecule has 0 saturated heterocycles. The van der Waals surface area contributed by atoms with E-state index < -0.39 is 0 Å². The average molecular weight is 255 g/mol.